The topological polar surface area (TPSA) is 56.8 Å². The molecule has 0 bridgehead atoms. The van der Waals surface area contributed by atoms with E-state index >= 15 is 0 Å². The Morgan fingerprint density at radius 3 is 2.85 bits per heavy atom. The van der Waals surface area contributed by atoms with Crippen molar-refractivity contribution in [3.05, 3.63) is 17.0 Å². The maximum Gasteiger partial charge on any atom is 0.245 e. The molecule has 2 aromatic heterocycles. The number of nitrogens with one attached hydrogen (secondary N) is 2. The van der Waals surface area contributed by atoms with Crippen LogP contribution in [0.3, 0.4) is 0 Å². The third kappa shape index (κ3) is 2.86. The molecule has 0 atom stereocenters. The van der Waals surface area contributed by atoms with Gasteiger partial charge in [0.2, 0.25) is 5.95 Å². The van der Waals surface area contributed by atoms with Crippen molar-refractivity contribution in [3.63, 3.8) is 0 Å². The first-order chi connectivity index (χ1) is 9.76. The van der Waals surface area contributed by atoms with Crippen LogP contribution in [0.4, 0.5) is 5.95 Å². The van der Waals surface area contributed by atoms with Gasteiger partial charge in [-0.25, -0.2) is 0 Å². The average molecular weight is 291 g/mol. The van der Waals surface area contributed by atoms with Crippen molar-refractivity contribution in [2.45, 2.75) is 19.8 Å². The van der Waals surface area contributed by atoms with Crippen LogP contribution in [0, 0.1) is 12.8 Å². The van der Waals surface area contributed by atoms with Crippen LogP contribution in [0.25, 0.3) is 10.7 Å². The van der Waals surface area contributed by atoms with Gasteiger partial charge in [0.25, 0.3) is 0 Å². The van der Waals surface area contributed by atoms with Gasteiger partial charge in [0.05, 0.1) is 4.88 Å². The highest BCUT2D eigenvalue weighted by Crippen LogP contribution is 2.27. The molecule has 6 heteroatoms. The standard InChI is InChI=1S/C14H21N5S/c1-10-3-4-12(20-10)13-16-14(18-17-13)19-7-5-11(6-8-19)9-15-2/h3-4,11,15H,5-9H2,1-2H3,(H,16,17,18). The van der Waals surface area contributed by atoms with E-state index in [-0.39, 0.29) is 0 Å². The Kier molecular flexibility index (Phi) is 4.03. The summed E-state index contributed by atoms with van der Waals surface area (Å²) in [5.74, 6) is 2.51. The van der Waals surface area contributed by atoms with Gasteiger partial charge in [0.1, 0.15) is 0 Å². The minimum Gasteiger partial charge on any atom is -0.340 e. The Hall–Kier alpha value is -1.40. The maximum atomic E-state index is 4.64. The van der Waals surface area contributed by atoms with Gasteiger partial charge in [-0.1, -0.05) is 0 Å². The normalized spacial score (nSPS) is 16.8. The lowest BCUT2D eigenvalue weighted by Crippen LogP contribution is -2.37. The van der Waals surface area contributed by atoms with Crippen molar-refractivity contribution in [2.24, 2.45) is 5.92 Å². The van der Waals surface area contributed by atoms with Crippen LogP contribution >= 0.6 is 11.3 Å². The lowest BCUT2D eigenvalue weighted by Gasteiger charge is -2.30. The second-order valence-electron chi connectivity index (χ2n) is 5.38. The first kappa shape index (κ1) is 13.6. The van der Waals surface area contributed by atoms with E-state index in [0.717, 1.165) is 42.2 Å². The second kappa shape index (κ2) is 5.93. The van der Waals surface area contributed by atoms with Gasteiger partial charge >= 0.3 is 0 Å². The van der Waals surface area contributed by atoms with Crippen molar-refractivity contribution in [1.82, 2.24) is 20.5 Å². The Morgan fingerprint density at radius 1 is 1.40 bits per heavy atom. The number of nitrogens with zero attached hydrogens (tertiary/aromatic N) is 3. The summed E-state index contributed by atoms with van der Waals surface area (Å²) < 4.78 is 0. The molecule has 0 spiro atoms. The molecule has 1 fully saturated rings. The number of piperidine rings is 1. The molecule has 2 aromatic rings. The van der Waals surface area contributed by atoms with E-state index < -0.39 is 0 Å². The molecule has 2 N–H and O–H groups in total. The van der Waals surface area contributed by atoms with E-state index in [0.29, 0.717) is 0 Å². The smallest absolute Gasteiger partial charge is 0.245 e. The zero-order valence-corrected chi connectivity index (χ0v) is 12.8. The van der Waals surface area contributed by atoms with Crippen molar-refractivity contribution in [1.29, 1.82) is 0 Å². The van der Waals surface area contributed by atoms with Gasteiger partial charge < -0.3 is 10.2 Å². The monoisotopic (exact) mass is 291 g/mol. The molecule has 0 amide bonds. The van der Waals surface area contributed by atoms with Crippen LogP contribution in [-0.2, 0) is 0 Å². The molecule has 1 aliphatic heterocycles. The first-order valence-corrected chi connectivity index (χ1v) is 7.96. The summed E-state index contributed by atoms with van der Waals surface area (Å²) in [6.45, 7) is 5.32. The molecular weight excluding hydrogens is 270 g/mol. The molecule has 5 nitrogen and oxygen atoms in total. The van der Waals surface area contributed by atoms with Gasteiger partial charge in [-0.05, 0) is 51.4 Å². The fraction of sp³-hybridized carbons (Fsp3) is 0.571. The predicted octanol–water partition coefficient (Wildman–Crippen LogP) is 2.28. The molecule has 0 aromatic carbocycles. The van der Waals surface area contributed by atoms with E-state index in [1.165, 1.54) is 17.7 Å². The SMILES string of the molecule is CNCC1CCN(c2n[nH]c(-c3ccc(C)s3)n2)CC1. The summed E-state index contributed by atoms with van der Waals surface area (Å²) >= 11 is 1.75. The van der Waals surface area contributed by atoms with Gasteiger partial charge in [0, 0.05) is 18.0 Å². The third-order valence-corrected chi connectivity index (χ3v) is 4.84. The van der Waals surface area contributed by atoms with Crippen LogP contribution in [0.15, 0.2) is 12.1 Å². The quantitative estimate of drug-likeness (QED) is 0.907. The van der Waals surface area contributed by atoms with Crippen LogP contribution in [-0.4, -0.2) is 41.9 Å². The number of aryl methyl sites for hydroxylation is 1. The molecule has 0 aliphatic carbocycles. The van der Waals surface area contributed by atoms with Crippen LogP contribution in [0.5, 0.6) is 0 Å². The number of rotatable bonds is 4. The number of H-pyrrole nitrogens is 1. The zero-order valence-electron chi connectivity index (χ0n) is 12.0. The molecule has 0 unspecified atom stereocenters. The van der Waals surface area contributed by atoms with Gasteiger partial charge in [-0.15, -0.1) is 16.4 Å². The Morgan fingerprint density at radius 2 is 2.20 bits per heavy atom. The maximum absolute atomic E-state index is 4.64. The molecule has 108 valence electrons. The summed E-state index contributed by atoms with van der Waals surface area (Å²) in [6.07, 6.45) is 2.42. The number of hydrogen-bond donors (Lipinski definition) is 2. The van der Waals surface area contributed by atoms with Crippen LogP contribution < -0.4 is 10.2 Å². The number of thiophene rings is 1. The highest BCUT2D eigenvalue weighted by Gasteiger charge is 2.21. The molecule has 0 radical (unpaired) electrons. The van der Waals surface area contributed by atoms with Crippen molar-refractivity contribution < 1.29 is 0 Å². The highest BCUT2D eigenvalue weighted by molar-refractivity contribution is 7.15. The molecule has 3 rings (SSSR count). The van der Waals surface area contributed by atoms with E-state index in [2.05, 4.69) is 44.5 Å². The van der Waals surface area contributed by atoms with Gasteiger partial charge in [-0.2, -0.15) is 4.98 Å². The minimum atomic E-state index is 0.787. The summed E-state index contributed by atoms with van der Waals surface area (Å²) in [6, 6.07) is 4.22. The molecule has 1 aliphatic rings. The molecule has 1 saturated heterocycles. The number of hydrogen-bond acceptors (Lipinski definition) is 5. The Labute approximate surface area is 123 Å². The van der Waals surface area contributed by atoms with Crippen LogP contribution in [0.1, 0.15) is 17.7 Å². The minimum absolute atomic E-state index is 0.787. The summed E-state index contributed by atoms with van der Waals surface area (Å²) in [4.78, 5) is 9.38. The average Bonchev–Trinajstić information content (AvgIpc) is 3.09. The summed E-state index contributed by atoms with van der Waals surface area (Å²) in [7, 11) is 2.02. The fourth-order valence-electron chi connectivity index (χ4n) is 2.69. The lowest BCUT2D eigenvalue weighted by atomic mass is 9.97. The molecular formula is C14H21N5S. The largest absolute Gasteiger partial charge is 0.340 e. The number of aromatic nitrogens is 3. The predicted molar refractivity (Wildman–Crippen MR) is 83.3 cm³/mol. The molecule has 3 heterocycles. The number of anilines is 1. The molecule has 20 heavy (non-hydrogen) atoms. The van der Waals surface area contributed by atoms with Crippen molar-refractivity contribution in [3.8, 4) is 10.7 Å². The Balaban J connectivity index is 1.66. The second-order valence-corrected chi connectivity index (χ2v) is 6.67. The van der Waals surface area contributed by atoms with E-state index in [1.807, 2.05) is 7.05 Å². The van der Waals surface area contributed by atoms with Gasteiger partial charge in [0.15, 0.2) is 5.82 Å². The first-order valence-electron chi connectivity index (χ1n) is 7.15. The zero-order chi connectivity index (χ0) is 13.9. The van der Waals surface area contributed by atoms with E-state index in [1.54, 1.807) is 11.3 Å². The van der Waals surface area contributed by atoms with E-state index in [9.17, 15) is 0 Å². The third-order valence-electron chi connectivity index (χ3n) is 3.84. The summed E-state index contributed by atoms with van der Waals surface area (Å²) in [5, 5.41) is 10.7. The summed E-state index contributed by atoms with van der Waals surface area (Å²) in [5.41, 5.74) is 0. The number of aromatic amines is 1. The molecule has 0 saturated carbocycles. The van der Waals surface area contributed by atoms with Gasteiger partial charge in [-0.3, -0.25) is 5.10 Å². The van der Waals surface area contributed by atoms with Crippen molar-refractivity contribution >= 4 is 17.3 Å². The lowest BCUT2D eigenvalue weighted by molar-refractivity contribution is 0.391. The van der Waals surface area contributed by atoms with E-state index in [4.69, 9.17) is 0 Å². The van der Waals surface area contributed by atoms with Crippen molar-refractivity contribution in [2.75, 3.05) is 31.6 Å². The Bertz CT molecular complexity index is 553. The van der Waals surface area contributed by atoms with Crippen LogP contribution in [0.2, 0.25) is 0 Å². The highest BCUT2D eigenvalue weighted by atomic mass is 32.1. The fourth-order valence-corrected chi connectivity index (χ4v) is 3.50.